The Labute approximate surface area is 162 Å². The van der Waals surface area contributed by atoms with Gasteiger partial charge in [-0.15, -0.1) is 11.8 Å². The number of carbonyl (C=O) groups excluding carboxylic acids is 1. The Balaban J connectivity index is 1.71. The van der Waals surface area contributed by atoms with Gasteiger partial charge in [0.2, 0.25) is 0 Å². The van der Waals surface area contributed by atoms with Gasteiger partial charge in [-0.25, -0.2) is 4.98 Å². The van der Waals surface area contributed by atoms with E-state index in [1.165, 1.54) is 0 Å². The first kappa shape index (κ1) is 17.7. The van der Waals surface area contributed by atoms with E-state index in [9.17, 15) is 4.79 Å². The number of aromatic amines is 1. The third-order valence-electron chi connectivity index (χ3n) is 4.88. The molecule has 5 nitrogen and oxygen atoms in total. The summed E-state index contributed by atoms with van der Waals surface area (Å²) in [6, 6.07) is 16.1. The fourth-order valence-corrected chi connectivity index (χ4v) is 3.95. The number of methoxy groups -OCH3 is 1. The lowest BCUT2D eigenvalue weighted by molar-refractivity contribution is 0.0950. The van der Waals surface area contributed by atoms with E-state index in [0.29, 0.717) is 18.7 Å². The third-order valence-corrected chi connectivity index (χ3v) is 5.60. The van der Waals surface area contributed by atoms with E-state index in [-0.39, 0.29) is 11.8 Å². The number of thioether (sulfide) groups is 1. The van der Waals surface area contributed by atoms with E-state index >= 15 is 0 Å². The highest BCUT2D eigenvalue weighted by molar-refractivity contribution is 7.98. The van der Waals surface area contributed by atoms with Gasteiger partial charge in [-0.2, -0.15) is 0 Å². The SMILES string of the molecule is COc1ccccc1[C@H]1CNC(=O)c2nc(-c3cccc(SC)c3)[nH]c2C1. The number of nitrogens with one attached hydrogen (secondary N) is 2. The number of ether oxygens (including phenoxy) is 1. The average molecular weight is 379 g/mol. The molecule has 1 atom stereocenters. The fraction of sp³-hybridized carbons (Fsp3) is 0.238. The second-order valence-corrected chi connectivity index (χ2v) is 7.38. The Morgan fingerprint density at radius 3 is 2.85 bits per heavy atom. The lowest BCUT2D eigenvalue weighted by Crippen LogP contribution is -2.26. The normalized spacial score (nSPS) is 16.4. The Bertz CT molecular complexity index is 983. The standard InChI is InChI=1S/C21H21N3O2S/c1-26-18-9-4-3-8-16(18)14-11-17-19(21(25)22-12-14)24-20(23-17)13-6-5-7-15(10-13)27-2/h3-10,14H,11-12H2,1-2H3,(H,22,25)(H,23,24)/t14-/m1/s1. The van der Waals surface area contributed by atoms with Crippen LogP contribution < -0.4 is 10.1 Å². The average Bonchev–Trinajstić information content (AvgIpc) is 3.08. The minimum Gasteiger partial charge on any atom is -0.496 e. The number of amides is 1. The van der Waals surface area contributed by atoms with Gasteiger partial charge in [0.1, 0.15) is 17.3 Å². The van der Waals surface area contributed by atoms with Gasteiger partial charge in [0.05, 0.1) is 7.11 Å². The van der Waals surface area contributed by atoms with Crippen molar-refractivity contribution >= 4 is 17.7 Å². The molecule has 1 aliphatic rings. The van der Waals surface area contributed by atoms with Gasteiger partial charge >= 0.3 is 0 Å². The van der Waals surface area contributed by atoms with Crippen molar-refractivity contribution in [3.05, 3.63) is 65.5 Å². The molecular weight excluding hydrogens is 358 g/mol. The van der Waals surface area contributed by atoms with Gasteiger partial charge < -0.3 is 15.0 Å². The van der Waals surface area contributed by atoms with Crippen LogP contribution in [0.4, 0.5) is 0 Å². The molecule has 0 spiro atoms. The summed E-state index contributed by atoms with van der Waals surface area (Å²) in [4.78, 5) is 21.7. The minimum atomic E-state index is -0.133. The number of hydrogen-bond acceptors (Lipinski definition) is 4. The van der Waals surface area contributed by atoms with Crippen LogP contribution in [-0.4, -0.2) is 35.8 Å². The molecule has 2 heterocycles. The van der Waals surface area contributed by atoms with Crippen molar-refractivity contribution < 1.29 is 9.53 Å². The van der Waals surface area contributed by atoms with Crippen LogP contribution >= 0.6 is 11.8 Å². The number of carbonyl (C=O) groups is 1. The molecule has 4 rings (SSSR count). The van der Waals surface area contributed by atoms with Crippen molar-refractivity contribution in [3.63, 3.8) is 0 Å². The monoisotopic (exact) mass is 379 g/mol. The number of H-pyrrole nitrogens is 1. The Morgan fingerprint density at radius 2 is 2.04 bits per heavy atom. The molecule has 2 N–H and O–H groups in total. The summed E-state index contributed by atoms with van der Waals surface area (Å²) in [5, 5.41) is 3.01. The molecule has 6 heteroatoms. The predicted molar refractivity (Wildman–Crippen MR) is 108 cm³/mol. The highest BCUT2D eigenvalue weighted by Crippen LogP contribution is 2.32. The second-order valence-electron chi connectivity index (χ2n) is 6.50. The van der Waals surface area contributed by atoms with Crippen LogP contribution in [-0.2, 0) is 6.42 Å². The van der Waals surface area contributed by atoms with E-state index in [2.05, 4.69) is 33.5 Å². The summed E-state index contributed by atoms with van der Waals surface area (Å²) in [7, 11) is 1.67. The molecule has 0 saturated carbocycles. The number of fused-ring (bicyclic) bond motifs is 1. The molecule has 1 aliphatic heterocycles. The minimum absolute atomic E-state index is 0.122. The molecule has 138 valence electrons. The molecule has 0 fully saturated rings. The van der Waals surface area contributed by atoms with E-state index in [0.717, 1.165) is 33.3 Å². The largest absolute Gasteiger partial charge is 0.496 e. The highest BCUT2D eigenvalue weighted by Gasteiger charge is 2.27. The van der Waals surface area contributed by atoms with Crippen molar-refractivity contribution in [1.82, 2.24) is 15.3 Å². The van der Waals surface area contributed by atoms with Crippen molar-refractivity contribution in [2.75, 3.05) is 19.9 Å². The van der Waals surface area contributed by atoms with Crippen molar-refractivity contribution in [1.29, 1.82) is 0 Å². The number of aromatic nitrogens is 2. The number of benzene rings is 2. The molecule has 1 aromatic heterocycles. The lowest BCUT2D eigenvalue weighted by Gasteiger charge is -2.17. The first-order valence-electron chi connectivity index (χ1n) is 8.84. The van der Waals surface area contributed by atoms with Crippen molar-refractivity contribution in [3.8, 4) is 17.1 Å². The molecule has 3 aromatic rings. The van der Waals surface area contributed by atoms with E-state index in [4.69, 9.17) is 4.74 Å². The number of rotatable bonds is 4. The molecule has 1 amide bonds. The van der Waals surface area contributed by atoms with Crippen LogP contribution in [0.2, 0.25) is 0 Å². The number of imidazole rings is 1. The quantitative estimate of drug-likeness (QED) is 0.675. The Hall–Kier alpha value is -2.73. The number of para-hydroxylation sites is 1. The Kier molecular flexibility index (Phi) is 4.90. The van der Waals surface area contributed by atoms with Gasteiger partial charge in [0.25, 0.3) is 5.91 Å². The summed E-state index contributed by atoms with van der Waals surface area (Å²) in [5.74, 6) is 1.56. The number of nitrogens with zero attached hydrogens (tertiary/aromatic N) is 1. The van der Waals surface area contributed by atoms with Crippen LogP contribution in [0.15, 0.2) is 53.4 Å². The maximum absolute atomic E-state index is 12.6. The van der Waals surface area contributed by atoms with Gasteiger partial charge in [0.15, 0.2) is 0 Å². The molecule has 0 unspecified atom stereocenters. The summed E-state index contributed by atoms with van der Waals surface area (Å²) in [5.41, 5.74) is 3.42. The maximum atomic E-state index is 12.6. The Morgan fingerprint density at radius 1 is 1.19 bits per heavy atom. The summed E-state index contributed by atoms with van der Waals surface area (Å²) >= 11 is 1.68. The molecule has 27 heavy (non-hydrogen) atoms. The summed E-state index contributed by atoms with van der Waals surface area (Å²) in [6.45, 7) is 0.556. The summed E-state index contributed by atoms with van der Waals surface area (Å²) in [6.07, 6.45) is 2.74. The van der Waals surface area contributed by atoms with Gasteiger partial charge in [-0.3, -0.25) is 4.79 Å². The fourth-order valence-electron chi connectivity index (χ4n) is 3.49. The number of hydrogen-bond donors (Lipinski definition) is 2. The van der Waals surface area contributed by atoms with Gasteiger partial charge in [-0.1, -0.05) is 30.3 Å². The van der Waals surface area contributed by atoms with Crippen LogP contribution in [0.25, 0.3) is 11.4 Å². The topological polar surface area (TPSA) is 67.0 Å². The zero-order valence-electron chi connectivity index (χ0n) is 15.3. The zero-order chi connectivity index (χ0) is 18.8. The molecular formula is C21H21N3O2S. The molecule has 0 saturated heterocycles. The van der Waals surface area contributed by atoms with Gasteiger partial charge in [-0.05, 0) is 36.4 Å². The molecule has 0 aliphatic carbocycles. The van der Waals surface area contributed by atoms with E-state index < -0.39 is 0 Å². The summed E-state index contributed by atoms with van der Waals surface area (Å²) < 4.78 is 5.51. The zero-order valence-corrected chi connectivity index (χ0v) is 16.1. The van der Waals surface area contributed by atoms with Crippen LogP contribution in [0.3, 0.4) is 0 Å². The van der Waals surface area contributed by atoms with E-state index in [1.54, 1.807) is 18.9 Å². The van der Waals surface area contributed by atoms with Crippen molar-refractivity contribution in [2.45, 2.75) is 17.2 Å². The van der Waals surface area contributed by atoms with Crippen LogP contribution in [0.5, 0.6) is 5.75 Å². The maximum Gasteiger partial charge on any atom is 0.271 e. The van der Waals surface area contributed by atoms with Crippen LogP contribution in [0.1, 0.15) is 27.7 Å². The first-order valence-corrected chi connectivity index (χ1v) is 10.1. The molecule has 2 aromatic carbocycles. The lowest BCUT2D eigenvalue weighted by atomic mass is 9.93. The molecule has 0 radical (unpaired) electrons. The molecule has 0 bridgehead atoms. The predicted octanol–water partition coefficient (Wildman–Crippen LogP) is 3.88. The highest BCUT2D eigenvalue weighted by atomic mass is 32.2. The van der Waals surface area contributed by atoms with Crippen LogP contribution in [0, 0.1) is 0 Å². The third kappa shape index (κ3) is 3.45. The van der Waals surface area contributed by atoms with Gasteiger partial charge in [0, 0.05) is 28.6 Å². The first-order chi connectivity index (χ1) is 13.2. The second kappa shape index (κ2) is 7.48. The van der Waals surface area contributed by atoms with Crippen molar-refractivity contribution in [2.24, 2.45) is 0 Å². The smallest absolute Gasteiger partial charge is 0.271 e. The van der Waals surface area contributed by atoms with E-state index in [1.807, 2.05) is 36.6 Å².